The number of piperidine rings is 1. The Morgan fingerprint density at radius 3 is 2.52 bits per heavy atom. The molecule has 218 valence electrons. The lowest BCUT2D eigenvalue weighted by Gasteiger charge is -2.58. The number of fused-ring (bicyclic) bond motifs is 1. The van der Waals surface area contributed by atoms with E-state index in [1.807, 2.05) is 31.9 Å². The highest BCUT2D eigenvalue weighted by Crippen LogP contribution is 2.62. The lowest BCUT2D eigenvalue weighted by Crippen LogP contribution is -2.71. The number of ether oxygens (including phenoxy) is 4. The van der Waals surface area contributed by atoms with Gasteiger partial charge in [-0.15, -0.1) is 0 Å². The minimum Gasteiger partial charge on any atom is -0.493 e. The van der Waals surface area contributed by atoms with Crippen molar-refractivity contribution in [2.45, 2.75) is 74.9 Å². The minimum atomic E-state index is -2.04. The quantitative estimate of drug-likeness (QED) is 0.304. The van der Waals surface area contributed by atoms with Crippen LogP contribution in [0.5, 0.6) is 11.5 Å². The highest BCUT2D eigenvalue weighted by atomic mass is 16.6. The summed E-state index contributed by atoms with van der Waals surface area (Å²) in [6.45, 7) is 4.42. The van der Waals surface area contributed by atoms with Crippen molar-refractivity contribution >= 4 is 23.9 Å². The number of rotatable bonds is 9. The number of nitrogens with zero attached hydrogens (tertiary/aromatic N) is 1. The number of carbonyl (C=O) groups is 4. The maximum absolute atomic E-state index is 12.9. The van der Waals surface area contributed by atoms with Crippen molar-refractivity contribution in [1.29, 1.82) is 0 Å². The van der Waals surface area contributed by atoms with Gasteiger partial charge in [-0.1, -0.05) is 6.07 Å². The molecule has 13 nitrogen and oxygen atoms in total. The molecule has 2 heterocycles. The van der Waals surface area contributed by atoms with E-state index in [0.717, 1.165) is 11.1 Å². The largest absolute Gasteiger partial charge is 0.493 e. The number of hydrogen-bond donors (Lipinski definition) is 4. The van der Waals surface area contributed by atoms with Gasteiger partial charge in [-0.25, -0.2) is 9.59 Å². The molecule has 0 bridgehead atoms. The van der Waals surface area contributed by atoms with Crippen LogP contribution in [0.2, 0.25) is 0 Å². The Labute approximate surface area is 229 Å². The fourth-order valence-electron chi connectivity index (χ4n) is 6.13. The first kappa shape index (κ1) is 29.3. The van der Waals surface area contributed by atoms with Crippen LogP contribution in [0.25, 0.3) is 0 Å². The number of methoxy groups -OCH3 is 1. The fourth-order valence-corrected chi connectivity index (χ4v) is 6.13. The predicted octanol–water partition coefficient (Wildman–Crippen LogP) is 0.510. The molecule has 1 aromatic carbocycles. The zero-order chi connectivity index (χ0) is 29.6. The normalized spacial score (nSPS) is 28.5. The van der Waals surface area contributed by atoms with Crippen molar-refractivity contribution in [3.8, 4) is 11.5 Å². The summed E-state index contributed by atoms with van der Waals surface area (Å²) in [6.07, 6.45) is -4.85. The molecule has 40 heavy (non-hydrogen) atoms. The number of carboxylic acid groups (broad SMARTS) is 2. The Morgan fingerprint density at radius 1 is 1.20 bits per heavy atom. The van der Waals surface area contributed by atoms with Crippen molar-refractivity contribution in [2.75, 3.05) is 20.7 Å². The molecule has 0 amide bonds. The Morgan fingerprint density at radius 2 is 1.90 bits per heavy atom. The second-order valence-corrected chi connectivity index (χ2v) is 10.5. The molecule has 13 heteroatoms. The Hall–Kier alpha value is -3.68. The van der Waals surface area contributed by atoms with Crippen LogP contribution in [0.3, 0.4) is 0 Å². The van der Waals surface area contributed by atoms with Crippen LogP contribution in [0, 0.1) is 6.92 Å². The molecule has 0 radical (unpaired) electrons. The number of aliphatic hydroxyl groups is 2. The van der Waals surface area contributed by atoms with Crippen LogP contribution in [0.4, 0.5) is 0 Å². The molecule has 2 aliphatic heterocycles. The zero-order valence-corrected chi connectivity index (χ0v) is 22.6. The average Bonchev–Trinajstić information content (AvgIpc) is 3.25. The Bertz CT molecular complexity index is 1260. The standard InChI is InChI=1S/C27H33NO12/c1-13-5-6-16(37-4)22-21(13)26-9-10-28(3)14(2)27(26,36)8-7-17(23(26)40-22)39-25(35)15(29)11-20(32)38-18(24(33)34)12-19(30)31/h5-7,14-15,18,23,29,36H,8-12H2,1-4H3,(H,30,31)(H,33,34)/t14-,15+,18+,23+,26+,27-/m1/s1. The molecule has 1 aliphatic carbocycles. The third kappa shape index (κ3) is 4.67. The number of esters is 2. The number of carboxylic acids is 2. The van der Waals surface area contributed by atoms with Gasteiger partial charge < -0.3 is 44.3 Å². The monoisotopic (exact) mass is 563 g/mol. The van der Waals surface area contributed by atoms with Gasteiger partial charge in [-0.05, 0) is 51.6 Å². The predicted molar refractivity (Wildman–Crippen MR) is 135 cm³/mol. The molecule has 4 rings (SSSR count). The van der Waals surface area contributed by atoms with Gasteiger partial charge in [0.2, 0.25) is 6.10 Å². The Kier molecular flexibility index (Phi) is 7.85. The van der Waals surface area contributed by atoms with E-state index in [0.29, 0.717) is 24.5 Å². The summed E-state index contributed by atoms with van der Waals surface area (Å²) < 4.78 is 22.1. The molecule has 1 saturated heterocycles. The molecular formula is C27H33NO12. The van der Waals surface area contributed by atoms with Crippen LogP contribution >= 0.6 is 0 Å². The first-order chi connectivity index (χ1) is 18.8. The number of benzene rings is 1. The average molecular weight is 564 g/mol. The van der Waals surface area contributed by atoms with Crippen molar-refractivity contribution in [3.05, 3.63) is 35.1 Å². The van der Waals surface area contributed by atoms with Gasteiger partial charge in [0, 0.05) is 18.0 Å². The number of aliphatic hydroxyl groups excluding tert-OH is 1. The summed E-state index contributed by atoms with van der Waals surface area (Å²) in [7, 11) is 3.41. The molecular weight excluding hydrogens is 530 g/mol. The van der Waals surface area contributed by atoms with Crippen LogP contribution in [-0.4, -0.2) is 99.9 Å². The second kappa shape index (κ2) is 10.7. The fraction of sp³-hybridized carbons (Fsp3) is 0.556. The summed E-state index contributed by atoms with van der Waals surface area (Å²) in [5.74, 6) is -4.80. The topological polar surface area (TPSA) is 189 Å². The first-order valence-corrected chi connectivity index (χ1v) is 12.8. The molecule has 4 N–H and O–H groups in total. The van der Waals surface area contributed by atoms with Gasteiger partial charge in [-0.2, -0.15) is 0 Å². The van der Waals surface area contributed by atoms with E-state index in [1.54, 1.807) is 6.07 Å². The molecule has 6 atom stereocenters. The lowest BCUT2D eigenvalue weighted by atomic mass is 9.54. The van der Waals surface area contributed by atoms with Gasteiger partial charge in [0.05, 0.1) is 31.0 Å². The summed E-state index contributed by atoms with van der Waals surface area (Å²) in [5.41, 5.74) is -0.727. The van der Waals surface area contributed by atoms with Crippen molar-refractivity contribution in [1.82, 2.24) is 4.90 Å². The van der Waals surface area contributed by atoms with Gasteiger partial charge in [0.1, 0.15) is 5.76 Å². The number of aryl methyl sites for hydroxylation is 1. The number of likely N-dealkylation sites (N-methyl/N-ethyl adjacent to an activating group) is 1. The van der Waals surface area contributed by atoms with E-state index < -0.39 is 66.0 Å². The zero-order valence-electron chi connectivity index (χ0n) is 22.6. The molecule has 0 saturated carbocycles. The van der Waals surface area contributed by atoms with Gasteiger partial charge in [-0.3, -0.25) is 9.59 Å². The number of likely N-dealkylation sites (tertiary alicyclic amines) is 1. The van der Waals surface area contributed by atoms with Gasteiger partial charge >= 0.3 is 23.9 Å². The summed E-state index contributed by atoms with van der Waals surface area (Å²) >= 11 is 0. The van der Waals surface area contributed by atoms with E-state index in [2.05, 4.69) is 4.74 Å². The highest BCUT2D eigenvalue weighted by Gasteiger charge is 2.69. The van der Waals surface area contributed by atoms with Gasteiger partial charge in [0.25, 0.3) is 0 Å². The number of hydrogen-bond acceptors (Lipinski definition) is 11. The number of carbonyl (C=O) groups excluding carboxylic acids is 2. The van der Waals surface area contributed by atoms with Crippen LogP contribution in [-0.2, 0) is 34.1 Å². The van der Waals surface area contributed by atoms with Crippen molar-refractivity contribution in [3.63, 3.8) is 0 Å². The third-order valence-corrected chi connectivity index (χ3v) is 8.30. The van der Waals surface area contributed by atoms with Crippen LogP contribution in [0.1, 0.15) is 43.7 Å². The second-order valence-electron chi connectivity index (χ2n) is 10.5. The molecule has 1 fully saturated rings. The SMILES string of the molecule is COc1ccc(C)c2c1O[C@H]1C(OC(=O)[C@@H](O)CC(=O)O[C@@H](CC(=O)O)C(=O)O)=CC[C@@]3(O)[C@@H](C)N(C)CC[C@]213. The summed E-state index contributed by atoms with van der Waals surface area (Å²) in [5, 5.41) is 40.5. The van der Waals surface area contributed by atoms with E-state index in [9.17, 15) is 29.4 Å². The first-order valence-electron chi connectivity index (χ1n) is 12.8. The van der Waals surface area contributed by atoms with E-state index in [4.69, 9.17) is 24.4 Å². The van der Waals surface area contributed by atoms with E-state index >= 15 is 0 Å². The van der Waals surface area contributed by atoms with Gasteiger partial charge in [0.15, 0.2) is 23.7 Å². The number of aliphatic carboxylic acids is 2. The Balaban J connectivity index is 1.60. The minimum absolute atomic E-state index is 0.0470. The summed E-state index contributed by atoms with van der Waals surface area (Å²) in [4.78, 5) is 49.0. The lowest BCUT2D eigenvalue weighted by molar-refractivity contribution is -0.172. The van der Waals surface area contributed by atoms with Crippen molar-refractivity contribution < 1.29 is 58.6 Å². The van der Waals surface area contributed by atoms with E-state index in [-0.39, 0.29) is 18.2 Å². The highest BCUT2D eigenvalue weighted by molar-refractivity contribution is 5.85. The molecule has 0 unspecified atom stereocenters. The molecule has 3 aliphatic rings. The molecule has 1 aromatic rings. The smallest absolute Gasteiger partial charge is 0.345 e. The third-order valence-electron chi connectivity index (χ3n) is 8.30. The van der Waals surface area contributed by atoms with Crippen LogP contribution in [0.15, 0.2) is 24.0 Å². The van der Waals surface area contributed by atoms with Crippen LogP contribution < -0.4 is 9.47 Å². The molecule has 1 spiro atoms. The van der Waals surface area contributed by atoms with E-state index in [1.165, 1.54) is 13.2 Å². The molecule has 0 aromatic heterocycles. The maximum atomic E-state index is 12.9. The van der Waals surface area contributed by atoms with Crippen molar-refractivity contribution in [2.24, 2.45) is 0 Å². The summed E-state index contributed by atoms with van der Waals surface area (Å²) in [6, 6.07) is 3.32. The maximum Gasteiger partial charge on any atom is 0.345 e.